The summed E-state index contributed by atoms with van der Waals surface area (Å²) in [5.41, 5.74) is 6.29. The van der Waals surface area contributed by atoms with Gasteiger partial charge in [0.2, 0.25) is 0 Å². The fourth-order valence-corrected chi connectivity index (χ4v) is 1.97. The summed E-state index contributed by atoms with van der Waals surface area (Å²) in [6.45, 7) is 4.51. The van der Waals surface area contributed by atoms with E-state index in [4.69, 9.17) is 5.73 Å². The quantitative estimate of drug-likeness (QED) is 0.665. The standard InChI is InChI=1S/C13H23N/c1-3-4-5-7-10-13(2)11-8-6-9-12(13)14/h6,8-9,11-12H,3-5,7,10,14H2,1-2H3. The average molecular weight is 193 g/mol. The van der Waals surface area contributed by atoms with Gasteiger partial charge in [0.25, 0.3) is 0 Å². The minimum Gasteiger partial charge on any atom is -0.324 e. The maximum atomic E-state index is 6.09. The molecule has 0 bridgehead atoms. The molecule has 0 aromatic rings. The normalized spacial score (nSPS) is 30.9. The van der Waals surface area contributed by atoms with Gasteiger partial charge >= 0.3 is 0 Å². The van der Waals surface area contributed by atoms with E-state index in [2.05, 4.69) is 38.2 Å². The Morgan fingerprint density at radius 2 is 2.00 bits per heavy atom. The highest BCUT2D eigenvalue weighted by Crippen LogP contribution is 2.32. The van der Waals surface area contributed by atoms with E-state index in [1.807, 2.05) is 0 Å². The monoisotopic (exact) mass is 193 g/mol. The van der Waals surface area contributed by atoms with Gasteiger partial charge < -0.3 is 5.73 Å². The van der Waals surface area contributed by atoms with E-state index in [9.17, 15) is 0 Å². The van der Waals surface area contributed by atoms with Crippen molar-refractivity contribution in [3.05, 3.63) is 24.3 Å². The lowest BCUT2D eigenvalue weighted by Crippen LogP contribution is -2.37. The molecule has 0 saturated heterocycles. The van der Waals surface area contributed by atoms with Crippen molar-refractivity contribution in [2.75, 3.05) is 0 Å². The molecule has 0 spiro atoms. The Morgan fingerprint density at radius 1 is 1.21 bits per heavy atom. The van der Waals surface area contributed by atoms with Gasteiger partial charge in [-0.05, 0) is 6.42 Å². The van der Waals surface area contributed by atoms with E-state index < -0.39 is 0 Å². The van der Waals surface area contributed by atoms with Crippen LogP contribution < -0.4 is 5.73 Å². The van der Waals surface area contributed by atoms with E-state index in [-0.39, 0.29) is 11.5 Å². The summed E-state index contributed by atoms with van der Waals surface area (Å²) >= 11 is 0. The summed E-state index contributed by atoms with van der Waals surface area (Å²) in [6, 6.07) is 0.203. The summed E-state index contributed by atoms with van der Waals surface area (Å²) in [5, 5.41) is 0. The molecule has 0 radical (unpaired) electrons. The van der Waals surface area contributed by atoms with E-state index in [1.165, 1.54) is 32.1 Å². The Hall–Kier alpha value is -0.560. The Balaban J connectivity index is 2.34. The Bertz CT molecular complexity index is 217. The Kier molecular flexibility index (Phi) is 4.40. The fraction of sp³-hybridized carbons (Fsp3) is 0.692. The Morgan fingerprint density at radius 3 is 2.64 bits per heavy atom. The second-order valence-corrected chi connectivity index (χ2v) is 4.59. The van der Waals surface area contributed by atoms with Crippen molar-refractivity contribution >= 4 is 0 Å². The molecule has 80 valence electrons. The molecule has 1 aliphatic rings. The minimum atomic E-state index is 0.197. The molecule has 0 aromatic heterocycles. The van der Waals surface area contributed by atoms with E-state index >= 15 is 0 Å². The molecule has 1 heteroatoms. The molecule has 0 aliphatic heterocycles. The van der Waals surface area contributed by atoms with Crippen LogP contribution in [-0.4, -0.2) is 6.04 Å². The summed E-state index contributed by atoms with van der Waals surface area (Å²) < 4.78 is 0. The molecule has 14 heavy (non-hydrogen) atoms. The predicted octanol–water partition coefficient (Wildman–Crippen LogP) is 3.42. The zero-order valence-corrected chi connectivity index (χ0v) is 9.50. The highest BCUT2D eigenvalue weighted by atomic mass is 14.7. The van der Waals surface area contributed by atoms with Crippen LogP contribution in [-0.2, 0) is 0 Å². The molecule has 0 aromatic carbocycles. The highest BCUT2D eigenvalue weighted by molar-refractivity contribution is 5.21. The molecule has 1 nitrogen and oxygen atoms in total. The smallest absolute Gasteiger partial charge is 0.0316 e. The van der Waals surface area contributed by atoms with Gasteiger partial charge in [0, 0.05) is 11.5 Å². The van der Waals surface area contributed by atoms with Crippen molar-refractivity contribution in [1.29, 1.82) is 0 Å². The zero-order chi connectivity index (χ0) is 10.4. The van der Waals surface area contributed by atoms with Crippen LogP contribution in [0.1, 0.15) is 46.0 Å². The van der Waals surface area contributed by atoms with Gasteiger partial charge in [-0.15, -0.1) is 0 Å². The molecular weight excluding hydrogens is 170 g/mol. The van der Waals surface area contributed by atoms with Crippen LogP contribution in [0.25, 0.3) is 0 Å². The number of hydrogen-bond donors (Lipinski definition) is 1. The summed E-state index contributed by atoms with van der Waals surface area (Å²) in [5.74, 6) is 0. The van der Waals surface area contributed by atoms with Gasteiger partial charge in [-0.25, -0.2) is 0 Å². The number of rotatable bonds is 5. The molecule has 2 N–H and O–H groups in total. The van der Waals surface area contributed by atoms with E-state index in [0.717, 1.165) is 0 Å². The number of hydrogen-bond acceptors (Lipinski definition) is 1. The van der Waals surface area contributed by atoms with Gasteiger partial charge in [-0.3, -0.25) is 0 Å². The molecule has 1 rings (SSSR count). The SMILES string of the molecule is CCCCCCC1(C)C=CC=CC1N. The summed E-state index contributed by atoms with van der Waals surface area (Å²) in [6.07, 6.45) is 15.1. The van der Waals surface area contributed by atoms with Gasteiger partial charge in [-0.2, -0.15) is 0 Å². The predicted molar refractivity (Wildman–Crippen MR) is 63.1 cm³/mol. The van der Waals surface area contributed by atoms with Gasteiger partial charge in [0.05, 0.1) is 0 Å². The highest BCUT2D eigenvalue weighted by Gasteiger charge is 2.27. The first-order valence-corrected chi connectivity index (χ1v) is 5.80. The number of allylic oxidation sites excluding steroid dienone is 2. The lowest BCUT2D eigenvalue weighted by atomic mass is 9.76. The first-order valence-electron chi connectivity index (χ1n) is 5.80. The van der Waals surface area contributed by atoms with Gasteiger partial charge in [0.1, 0.15) is 0 Å². The van der Waals surface area contributed by atoms with E-state index in [1.54, 1.807) is 0 Å². The van der Waals surface area contributed by atoms with Crippen LogP contribution in [0.3, 0.4) is 0 Å². The molecule has 0 saturated carbocycles. The minimum absolute atomic E-state index is 0.197. The molecular formula is C13H23N. The Labute approximate surface area is 88.1 Å². The van der Waals surface area contributed by atoms with Crippen LogP contribution in [0, 0.1) is 5.41 Å². The van der Waals surface area contributed by atoms with Crippen LogP contribution >= 0.6 is 0 Å². The van der Waals surface area contributed by atoms with Crippen molar-refractivity contribution in [3.63, 3.8) is 0 Å². The van der Waals surface area contributed by atoms with Crippen molar-refractivity contribution in [2.24, 2.45) is 11.1 Å². The molecule has 0 amide bonds. The third-order valence-electron chi connectivity index (χ3n) is 3.24. The average Bonchev–Trinajstić information content (AvgIpc) is 2.18. The second kappa shape index (κ2) is 5.35. The maximum absolute atomic E-state index is 6.09. The van der Waals surface area contributed by atoms with Gasteiger partial charge in [0.15, 0.2) is 0 Å². The molecule has 0 heterocycles. The number of nitrogens with two attached hydrogens (primary N) is 1. The van der Waals surface area contributed by atoms with Crippen LogP contribution in [0.2, 0.25) is 0 Å². The lowest BCUT2D eigenvalue weighted by Gasteiger charge is -2.32. The summed E-state index contributed by atoms with van der Waals surface area (Å²) in [4.78, 5) is 0. The first kappa shape index (κ1) is 11.5. The second-order valence-electron chi connectivity index (χ2n) is 4.59. The number of unbranched alkanes of at least 4 members (excludes halogenated alkanes) is 3. The van der Waals surface area contributed by atoms with Crippen molar-refractivity contribution in [3.8, 4) is 0 Å². The molecule has 2 atom stereocenters. The maximum Gasteiger partial charge on any atom is 0.0316 e. The van der Waals surface area contributed by atoms with Crippen molar-refractivity contribution in [1.82, 2.24) is 0 Å². The van der Waals surface area contributed by atoms with Crippen molar-refractivity contribution in [2.45, 2.75) is 52.0 Å². The first-order chi connectivity index (χ1) is 6.69. The summed E-state index contributed by atoms with van der Waals surface area (Å²) in [7, 11) is 0. The van der Waals surface area contributed by atoms with Gasteiger partial charge in [-0.1, -0.05) is 63.8 Å². The molecule has 2 unspecified atom stereocenters. The lowest BCUT2D eigenvalue weighted by molar-refractivity contribution is 0.331. The van der Waals surface area contributed by atoms with E-state index in [0.29, 0.717) is 0 Å². The fourth-order valence-electron chi connectivity index (χ4n) is 1.97. The largest absolute Gasteiger partial charge is 0.324 e. The zero-order valence-electron chi connectivity index (χ0n) is 9.50. The van der Waals surface area contributed by atoms with Crippen LogP contribution in [0.5, 0.6) is 0 Å². The third-order valence-corrected chi connectivity index (χ3v) is 3.24. The molecule has 1 aliphatic carbocycles. The van der Waals surface area contributed by atoms with Crippen molar-refractivity contribution < 1.29 is 0 Å². The topological polar surface area (TPSA) is 26.0 Å². The van der Waals surface area contributed by atoms with Crippen LogP contribution in [0.15, 0.2) is 24.3 Å². The van der Waals surface area contributed by atoms with Crippen LogP contribution in [0.4, 0.5) is 0 Å². The molecule has 0 fully saturated rings. The third kappa shape index (κ3) is 2.98.